The Morgan fingerprint density at radius 1 is 1.26 bits per heavy atom. The molecule has 0 amide bonds. The fourth-order valence-electron chi connectivity index (χ4n) is 1.55. The van der Waals surface area contributed by atoms with E-state index in [0.29, 0.717) is 11.4 Å². The SMILES string of the molecule is CC#CCOc1cc(C(F)c2ccccc2)ncn1. The van der Waals surface area contributed by atoms with Crippen LogP contribution in [0.1, 0.15) is 24.4 Å². The summed E-state index contributed by atoms with van der Waals surface area (Å²) < 4.78 is 19.5. The van der Waals surface area contributed by atoms with Gasteiger partial charge in [-0.3, -0.25) is 0 Å². The largest absolute Gasteiger partial charge is 0.464 e. The zero-order chi connectivity index (χ0) is 13.5. The molecular formula is C15H13FN2O. The average Bonchev–Trinajstić information content (AvgIpc) is 2.48. The number of rotatable bonds is 4. The van der Waals surface area contributed by atoms with Gasteiger partial charge in [0.2, 0.25) is 5.88 Å². The molecule has 1 aromatic heterocycles. The van der Waals surface area contributed by atoms with Crippen LogP contribution < -0.4 is 4.74 Å². The fourth-order valence-corrected chi connectivity index (χ4v) is 1.55. The smallest absolute Gasteiger partial charge is 0.217 e. The number of benzene rings is 1. The summed E-state index contributed by atoms with van der Waals surface area (Å²) >= 11 is 0. The van der Waals surface area contributed by atoms with Gasteiger partial charge in [-0.2, -0.15) is 0 Å². The molecule has 3 nitrogen and oxygen atoms in total. The molecule has 0 aliphatic rings. The molecule has 19 heavy (non-hydrogen) atoms. The van der Waals surface area contributed by atoms with Crippen molar-refractivity contribution in [3.63, 3.8) is 0 Å². The lowest BCUT2D eigenvalue weighted by atomic mass is 10.1. The Bertz CT molecular complexity index is 590. The average molecular weight is 256 g/mol. The maximum atomic E-state index is 14.3. The molecule has 0 aliphatic carbocycles. The Kier molecular flexibility index (Phi) is 4.46. The normalized spacial score (nSPS) is 11.3. The molecule has 96 valence electrons. The van der Waals surface area contributed by atoms with Crippen LogP contribution in [-0.4, -0.2) is 16.6 Å². The monoisotopic (exact) mass is 256 g/mol. The first kappa shape index (κ1) is 13.0. The minimum absolute atomic E-state index is 0.231. The van der Waals surface area contributed by atoms with Crippen molar-refractivity contribution in [3.05, 3.63) is 54.0 Å². The molecule has 0 spiro atoms. The van der Waals surface area contributed by atoms with Crippen LogP contribution in [0, 0.1) is 11.8 Å². The van der Waals surface area contributed by atoms with Crippen LogP contribution in [0.5, 0.6) is 5.88 Å². The highest BCUT2D eigenvalue weighted by Gasteiger charge is 2.14. The number of hydrogen-bond donors (Lipinski definition) is 0. The van der Waals surface area contributed by atoms with Crippen molar-refractivity contribution in [2.24, 2.45) is 0 Å². The number of ether oxygens (including phenoxy) is 1. The molecule has 1 atom stereocenters. The van der Waals surface area contributed by atoms with Gasteiger partial charge in [0.15, 0.2) is 12.8 Å². The van der Waals surface area contributed by atoms with Crippen LogP contribution in [-0.2, 0) is 0 Å². The van der Waals surface area contributed by atoms with Crippen molar-refractivity contribution in [1.29, 1.82) is 0 Å². The first-order valence-corrected chi connectivity index (χ1v) is 5.84. The Balaban J connectivity index is 2.15. The van der Waals surface area contributed by atoms with Crippen LogP contribution in [0.4, 0.5) is 4.39 Å². The van der Waals surface area contributed by atoms with Gasteiger partial charge in [-0.15, -0.1) is 5.92 Å². The molecular weight excluding hydrogens is 243 g/mol. The third kappa shape index (κ3) is 3.52. The van der Waals surface area contributed by atoms with Gasteiger partial charge >= 0.3 is 0 Å². The minimum Gasteiger partial charge on any atom is -0.464 e. The minimum atomic E-state index is -1.29. The van der Waals surface area contributed by atoms with Crippen molar-refractivity contribution >= 4 is 0 Å². The van der Waals surface area contributed by atoms with E-state index >= 15 is 0 Å². The van der Waals surface area contributed by atoms with Gasteiger partial charge in [0.25, 0.3) is 0 Å². The van der Waals surface area contributed by atoms with Crippen molar-refractivity contribution < 1.29 is 9.13 Å². The molecule has 0 bridgehead atoms. The third-order valence-electron chi connectivity index (χ3n) is 2.48. The molecule has 0 fully saturated rings. The summed E-state index contributed by atoms with van der Waals surface area (Å²) in [6.07, 6.45) is 0.00309. The topological polar surface area (TPSA) is 35.0 Å². The Hall–Kier alpha value is -2.41. The summed E-state index contributed by atoms with van der Waals surface area (Å²) in [7, 11) is 0. The fraction of sp³-hybridized carbons (Fsp3) is 0.200. The van der Waals surface area contributed by atoms with Crippen molar-refractivity contribution in [2.75, 3.05) is 6.61 Å². The first-order chi connectivity index (χ1) is 9.31. The molecule has 0 aliphatic heterocycles. The van der Waals surface area contributed by atoms with Gasteiger partial charge in [-0.1, -0.05) is 36.3 Å². The van der Waals surface area contributed by atoms with E-state index in [1.807, 2.05) is 6.07 Å². The second kappa shape index (κ2) is 6.50. The highest BCUT2D eigenvalue weighted by molar-refractivity contribution is 5.27. The number of halogens is 1. The van der Waals surface area contributed by atoms with E-state index in [4.69, 9.17) is 4.74 Å². The Labute approximate surface area is 111 Å². The van der Waals surface area contributed by atoms with Crippen molar-refractivity contribution in [1.82, 2.24) is 9.97 Å². The van der Waals surface area contributed by atoms with E-state index in [9.17, 15) is 4.39 Å². The number of alkyl halides is 1. The molecule has 4 heteroatoms. The molecule has 1 heterocycles. The summed E-state index contributed by atoms with van der Waals surface area (Å²) in [5, 5.41) is 0. The zero-order valence-corrected chi connectivity index (χ0v) is 10.5. The summed E-state index contributed by atoms with van der Waals surface area (Å²) in [6, 6.07) is 10.4. The van der Waals surface area contributed by atoms with Crippen molar-refractivity contribution in [2.45, 2.75) is 13.1 Å². The molecule has 0 radical (unpaired) electrons. The van der Waals surface area contributed by atoms with E-state index in [2.05, 4.69) is 21.8 Å². The van der Waals surface area contributed by atoms with Gasteiger partial charge in [0.05, 0.1) is 5.69 Å². The molecule has 2 rings (SSSR count). The maximum absolute atomic E-state index is 14.3. The van der Waals surface area contributed by atoms with Gasteiger partial charge in [-0.25, -0.2) is 14.4 Å². The predicted octanol–water partition coefficient (Wildman–Crippen LogP) is 2.94. The molecule has 0 saturated carbocycles. The van der Waals surface area contributed by atoms with Crippen LogP contribution in [0.25, 0.3) is 0 Å². The van der Waals surface area contributed by atoms with Gasteiger partial charge in [0.1, 0.15) is 6.33 Å². The maximum Gasteiger partial charge on any atom is 0.217 e. The van der Waals surface area contributed by atoms with Crippen LogP contribution in [0.2, 0.25) is 0 Å². The number of aromatic nitrogens is 2. The van der Waals surface area contributed by atoms with Gasteiger partial charge < -0.3 is 4.74 Å². The summed E-state index contributed by atoms with van der Waals surface area (Å²) in [5.74, 6) is 5.78. The lowest BCUT2D eigenvalue weighted by Crippen LogP contribution is -2.02. The second-order valence-electron chi connectivity index (χ2n) is 3.77. The van der Waals surface area contributed by atoms with Gasteiger partial charge in [-0.05, 0) is 12.5 Å². The highest BCUT2D eigenvalue weighted by atomic mass is 19.1. The third-order valence-corrected chi connectivity index (χ3v) is 2.48. The summed E-state index contributed by atoms with van der Waals surface area (Å²) in [6.45, 7) is 1.96. The van der Waals surface area contributed by atoms with Crippen LogP contribution >= 0.6 is 0 Å². The van der Waals surface area contributed by atoms with Gasteiger partial charge in [0, 0.05) is 6.07 Å². The Morgan fingerprint density at radius 2 is 2.05 bits per heavy atom. The number of nitrogens with zero attached hydrogens (tertiary/aromatic N) is 2. The summed E-state index contributed by atoms with van der Waals surface area (Å²) in [5.41, 5.74) is 0.834. The van der Waals surface area contributed by atoms with E-state index in [1.54, 1.807) is 31.2 Å². The Morgan fingerprint density at radius 3 is 2.79 bits per heavy atom. The van der Waals surface area contributed by atoms with E-state index in [0.717, 1.165) is 0 Å². The molecule has 0 saturated heterocycles. The second-order valence-corrected chi connectivity index (χ2v) is 3.77. The molecule has 0 N–H and O–H groups in total. The number of hydrogen-bond acceptors (Lipinski definition) is 3. The highest BCUT2D eigenvalue weighted by Crippen LogP contribution is 2.25. The molecule has 1 unspecified atom stereocenters. The molecule has 1 aromatic carbocycles. The lowest BCUT2D eigenvalue weighted by molar-refractivity contribution is 0.347. The lowest BCUT2D eigenvalue weighted by Gasteiger charge is -2.08. The quantitative estimate of drug-likeness (QED) is 0.789. The van der Waals surface area contributed by atoms with E-state index < -0.39 is 6.17 Å². The first-order valence-electron chi connectivity index (χ1n) is 5.84. The van der Waals surface area contributed by atoms with E-state index in [-0.39, 0.29) is 12.3 Å². The standard InChI is InChI=1S/C15H13FN2O/c1-2-3-9-19-14-10-13(17-11-18-14)15(16)12-7-5-4-6-8-12/h4-8,10-11,15H,9H2,1H3. The predicted molar refractivity (Wildman–Crippen MR) is 70.4 cm³/mol. The molecule has 2 aromatic rings. The van der Waals surface area contributed by atoms with Crippen molar-refractivity contribution in [3.8, 4) is 17.7 Å². The van der Waals surface area contributed by atoms with Crippen LogP contribution in [0.15, 0.2) is 42.7 Å². The zero-order valence-electron chi connectivity index (χ0n) is 10.5. The summed E-state index contributed by atoms with van der Waals surface area (Å²) in [4.78, 5) is 7.86. The van der Waals surface area contributed by atoms with E-state index in [1.165, 1.54) is 12.4 Å². The van der Waals surface area contributed by atoms with Crippen LogP contribution in [0.3, 0.4) is 0 Å².